The molecule has 2 nitrogen and oxygen atoms in total. The average Bonchev–Trinajstić information content (AvgIpc) is 1.41. The molecule has 0 saturated carbocycles. The first kappa shape index (κ1) is 9.61. The maximum absolute atomic E-state index is 8.02. The zero-order valence-electron chi connectivity index (χ0n) is 4.18. The molecule has 0 radical (unpaired) electrons. The van der Waals surface area contributed by atoms with E-state index in [0.717, 1.165) is 0 Å². The van der Waals surface area contributed by atoms with Crippen LogP contribution in [0.2, 0.25) is 0 Å². The van der Waals surface area contributed by atoms with Gasteiger partial charge < -0.3 is 10.8 Å². The van der Waals surface area contributed by atoms with Gasteiger partial charge in [0, 0.05) is 0 Å². The first-order chi connectivity index (χ1) is 2.73. The molecular weight excluding hydrogens is 97.0 g/mol. The van der Waals surface area contributed by atoms with E-state index >= 15 is 0 Å². The van der Waals surface area contributed by atoms with Gasteiger partial charge in [-0.25, -0.2) is 0 Å². The molecule has 3 N–H and O–H groups in total. The van der Waals surface area contributed by atoms with Gasteiger partial charge in [-0.05, 0) is 14.0 Å². The largest absolute Gasteiger partial charge is 0.389 e. The highest BCUT2D eigenvalue weighted by atomic mass is 31.0. The number of nitrogens with two attached hydrogens (primary N) is 1. The van der Waals surface area contributed by atoms with Gasteiger partial charge in [0.25, 0.3) is 0 Å². The van der Waals surface area contributed by atoms with Gasteiger partial charge in [-0.15, -0.1) is 9.24 Å². The quantitative estimate of drug-likeness (QED) is 0.422. The molecule has 0 heterocycles. The molecule has 0 aliphatic carbocycles. The van der Waals surface area contributed by atoms with E-state index in [1.54, 1.807) is 6.92 Å². The van der Waals surface area contributed by atoms with E-state index < -0.39 is 0 Å². The highest BCUT2D eigenvalue weighted by molar-refractivity contribution is 7.17. The maximum atomic E-state index is 8.02. The third-order valence-electron chi connectivity index (χ3n) is 0. The van der Waals surface area contributed by atoms with Crippen molar-refractivity contribution in [2.75, 3.05) is 7.05 Å². The lowest BCUT2D eigenvalue weighted by atomic mass is 10.9. The predicted octanol–water partition coefficient (Wildman–Crippen LogP) is -0.225. The van der Waals surface area contributed by atoms with Crippen molar-refractivity contribution in [3.8, 4) is 0 Å². The Morgan fingerprint density at radius 3 is 1.67 bits per heavy atom. The van der Waals surface area contributed by atoms with Gasteiger partial charge in [-0.2, -0.15) is 0 Å². The molecule has 3 heteroatoms. The lowest BCUT2D eigenvalue weighted by molar-refractivity contribution is 0.283. The number of aliphatic hydroxyl groups excluding tert-OH is 1. The summed E-state index contributed by atoms with van der Waals surface area (Å²) in [6.45, 7) is 1.69. The smallest absolute Gasteiger partial charge is 0.0645 e. The van der Waals surface area contributed by atoms with E-state index in [4.69, 9.17) is 5.11 Å². The predicted molar refractivity (Wildman–Crippen MR) is 31.5 cm³/mol. The maximum Gasteiger partial charge on any atom is 0.0645 e. The Kier molecular flexibility index (Phi) is 14.4. The second-order valence-corrected chi connectivity index (χ2v) is 1.71. The van der Waals surface area contributed by atoms with E-state index in [9.17, 15) is 0 Å². The normalized spacial score (nSPS) is 11.5. The van der Waals surface area contributed by atoms with Gasteiger partial charge in [0.2, 0.25) is 0 Å². The fourth-order valence-corrected chi connectivity index (χ4v) is 0. The molecule has 0 spiro atoms. The number of rotatable bonds is 0. The molecular formula is C3H12NOP. The molecule has 0 fully saturated rings. The lowest BCUT2D eigenvalue weighted by Gasteiger charge is -1.80. The van der Waals surface area contributed by atoms with Crippen molar-refractivity contribution in [1.82, 2.24) is 0 Å². The van der Waals surface area contributed by atoms with E-state index in [1.807, 2.05) is 0 Å². The third-order valence-corrected chi connectivity index (χ3v) is 0. The number of hydrogen-bond donors (Lipinski definition) is 2. The van der Waals surface area contributed by atoms with Gasteiger partial charge in [0.1, 0.15) is 0 Å². The van der Waals surface area contributed by atoms with Crippen LogP contribution in [0.3, 0.4) is 0 Å². The molecule has 2 atom stereocenters. The Labute approximate surface area is 40.9 Å². The molecule has 0 aliphatic rings. The van der Waals surface area contributed by atoms with Crippen molar-refractivity contribution >= 4 is 9.24 Å². The first-order valence-corrected chi connectivity index (χ1v) is 2.41. The van der Waals surface area contributed by atoms with E-state index in [1.165, 1.54) is 7.05 Å². The number of aliphatic hydroxyl groups is 1. The monoisotopic (exact) mass is 109 g/mol. The van der Waals surface area contributed by atoms with E-state index in [-0.39, 0.29) is 5.85 Å². The Balaban J connectivity index is 0. The topological polar surface area (TPSA) is 46.2 Å². The summed E-state index contributed by atoms with van der Waals surface area (Å²) in [6, 6.07) is 0. The fourth-order valence-electron chi connectivity index (χ4n) is 0. The summed E-state index contributed by atoms with van der Waals surface area (Å²) >= 11 is 0. The van der Waals surface area contributed by atoms with Crippen molar-refractivity contribution in [1.29, 1.82) is 0 Å². The summed E-state index contributed by atoms with van der Waals surface area (Å²) in [7, 11) is 3.71. The fraction of sp³-hybridized carbons (Fsp3) is 1.00. The molecule has 40 valence electrons. The van der Waals surface area contributed by atoms with Crippen molar-refractivity contribution < 1.29 is 5.11 Å². The zero-order valence-corrected chi connectivity index (χ0v) is 5.33. The van der Waals surface area contributed by atoms with Crippen molar-refractivity contribution in [3.63, 3.8) is 0 Å². The highest BCUT2D eigenvalue weighted by Gasteiger charge is 1.69. The van der Waals surface area contributed by atoms with Gasteiger partial charge in [0.15, 0.2) is 0 Å². The summed E-state index contributed by atoms with van der Waals surface area (Å²) in [5.74, 6) is -0.250. The van der Waals surface area contributed by atoms with Crippen LogP contribution in [0, 0.1) is 0 Å². The van der Waals surface area contributed by atoms with Crippen LogP contribution in [-0.4, -0.2) is 18.0 Å². The Morgan fingerprint density at radius 1 is 1.67 bits per heavy atom. The summed E-state index contributed by atoms with van der Waals surface area (Å²) in [4.78, 5) is 0. The van der Waals surface area contributed by atoms with Crippen LogP contribution in [0.25, 0.3) is 0 Å². The minimum Gasteiger partial charge on any atom is -0.389 e. The highest BCUT2D eigenvalue weighted by Crippen LogP contribution is 1.85. The Morgan fingerprint density at radius 2 is 1.67 bits per heavy atom. The standard InChI is InChI=1S/C2H7OP.CH5N/c1-2(3)4;1-2/h2-3H,4H2,1H3;2H2,1H3. The van der Waals surface area contributed by atoms with Gasteiger partial charge in [-0.3, -0.25) is 0 Å². The third kappa shape index (κ3) is 399. The van der Waals surface area contributed by atoms with Crippen molar-refractivity contribution in [2.24, 2.45) is 5.73 Å². The van der Waals surface area contributed by atoms with Crippen molar-refractivity contribution in [2.45, 2.75) is 12.8 Å². The summed E-state index contributed by atoms with van der Waals surface area (Å²) in [5.41, 5.74) is 4.50. The molecule has 2 unspecified atom stereocenters. The molecule has 0 aromatic carbocycles. The first-order valence-electron chi connectivity index (χ1n) is 1.75. The van der Waals surface area contributed by atoms with Gasteiger partial charge in [0.05, 0.1) is 5.85 Å². The molecule has 0 aliphatic heterocycles. The van der Waals surface area contributed by atoms with Crippen LogP contribution in [0.1, 0.15) is 6.92 Å². The molecule has 0 rings (SSSR count). The molecule has 0 amide bonds. The van der Waals surface area contributed by atoms with E-state index in [0.29, 0.717) is 0 Å². The van der Waals surface area contributed by atoms with Crippen LogP contribution in [0.15, 0.2) is 0 Å². The average molecular weight is 109 g/mol. The molecule has 0 aromatic rings. The van der Waals surface area contributed by atoms with Crippen LogP contribution in [-0.2, 0) is 0 Å². The molecule has 0 saturated heterocycles. The zero-order chi connectivity index (χ0) is 5.58. The van der Waals surface area contributed by atoms with Crippen LogP contribution < -0.4 is 5.73 Å². The summed E-state index contributed by atoms with van der Waals surface area (Å²) in [5, 5.41) is 8.02. The molecule has 0 bridgehead atoms. The molecule has 0 aromatic heterocycles. The van der Waals surface area contributed by atoms with Crippen LogP contribution >= 0.6 is 9.24 Å². The lowest BCUT2D eigenvalue weighted by Crippen LogP contribution is -1.78. The minimum absolute atomic E-state index is 0.250. The van der Waals surface area contributed by atoms with Crippen molar-refractivity contribution in [3.05, 3.63) is 0 Å². The molecule has 6 heavy (non-hydrogen) atoms. The van der Waals surface area contributed by atoms with Crippen LogP contribution in [0.5, 0.6) is 0 Å². The Bertz CT molecular complexity index is 15.5. The minimum atomic E-state index is -0.250. The van der Waals surface area contributed by atoms with Gasteiger partial charge in [-0.1, -0.05) is 0 Å². The SMILES string of the molecule is CC(O)P.CN. The van der Waals surface area contributed by atoms with E-state index in [2.05, 4.69) is 15.0 Å². The Hall–Kier alpha value is 0.350. The van der Waals surface area contributed by atoms with Crippen LogP contribution in [0.4, 0.5) is 0 Å². The second-order valence-electron chi connectivity index (χ2n) is 0.741. The second kappa shape index (κ2) is 9.02. The summed E-state index contributed by atoms with van der Waals surface area (Å²) < 4.78 is 0. The number of hydrogen-bond acceptors (Lipinski definition) is 2. The van der Waals surface area contributed by atoms with Gasteiger partial charge >= 0.3 is 0 Å². The summed E-state index contributed by atoms with van der Waals surface area (Å²) in [6.07, 6.45) is 0.